The highest BCUT2D eigenvalue weighted by Crippen LogP contribution is 2.26. The molecule has 4 aromatic rings. The van der Waals surface area contributed by atoms with Crippen molar-refractivity contribution in [1.82, 2.24) is 10.1 Å². The fourth-order valence-corrected chi connectivity index (χ4v) is 2.94. The summed E-state index contributed by atoms with van der Waals surface area (Å²) in [7, 11) is 3.20. The number of carbonyl (C=O) groups excluding carboxylic acids is 1. The van der Waals surface area contributed by atoms with E-state index in [4.69, 9.17) is 18.7 Å². The van der Waals surface area contributed by atoms with Gasteiger partial charge in [0, 0.05) is 16.8 Å². The predicted molar refractivity (Wildman–Crippen MR) is 119 cm³/mol. The number of carbonyl (C=O) groups is 1. The number of nitrogens with zero attached hydrogens (tertiary/aromatic N) is 2. The molecule has 0 saturated heterocycles. The minimum Gasteiger partial charge on any atom is -0.497 e. The lowest BCUT2D eigenvalue weighted by atomic mass is 10.2. The van der Waals surface area contributed by atoms with E-state index in [1.54, 1.807) is 56.7 Å². The van der Waals surface area contributed by atoms with Gasteiger partial charge in [0.15, 0.2) is 6.61 Å². The largest absolute Gasteiger partial charge is 0.497 e. The zero-order chi connectivity index (χ0) is 22.3. The van der Waals surface area contributed by atoms with Crippen LogP contribution in [-0.4, -0.2) is 36.9 Å². The number of benzene rings is 3. The molecule has 1 amide bonds. The van der Waals surface area contributed by atoms with Gasteiger partial charge in [-0.2, -0.15) is 4.98 Å². The topological polar surface area (TPSA) is 95.7 Å². The normalized spacial score (nSPS) is 10.4. The van der Waals surface area contributed by atoms with Crippen LogP contribution in [-0.2, 0) is 4.79 Å². The molecule has 0 aliphatic carbocycles. The van der Waals surface area contributed by atoms with E-state index in [1.807, 2.05) is 30.3 Å². The highest BCUT2D eigenvalue weighted by molar-refractivity contribution is 5.91. The van der Waals surface area contributed by atoms with Crippen molar-refractivity contribution in [2.75, 3.05) is 26.1 Å². The van der Waals surface area contributed by atoms with Crippen LogP contribution in [0.25, 0.3) is 22.8 Å². The predicted octanol–water partition coefficient (Wildman–Crippen LogP) is 4.44. The molecule has 0 atom stereocenters. The molecule has 4 rings (SSSR count). The quantitative estimate of drug-likeness (QED) is 0.441. The molecule has 0 aliphatic heterocycles. The Labute approximate surface area is 184 Å². The molecule has 0 fully saturated rings. The third-order valence-corrected chi connectivity index (χ3v) is 4.60. The number of amides is 1. The molecule has 0 unspecified atom stereocenters. The summed E-state index contributed by atoms with van der Waals surface area (Å²) in [5.41, 5.74) is 2.15. The van der Waals surface area contributed by atoms with Crippen LogP contribution < -0.4 is 19.5 Å². The Hall–Kier alpha value is -4.33. The van der Waals surface area contributed by atoms with E-state index in [2.05, 4.69) is 15.5 Å². The maximum absolute atomic E-state index is 12.2. The molecule has 0 saturated carbocycles. The molecule has 8 nitrogen and oxygen atoms in total. The number of rotatable bonds is 8. The summed E-state index contributed by atoms with van der Waals surface area (Å²) in [6.07, 6.45) is 0. The van der Waals surface area contributed by atoms with Gasteiger partial charge in [0.1, 0.15) is 17.2 Å². The summed E-state index contributed by atoms with van der Waals surface area (Å²) < 4.78 is 21.3. The highest BCUT2D eigenvalue weighted by Gasteiger charge is 2.12. The van der Waals surface area contributed by atoms with Crippen LogP contribution >= 0.6 is 0 Å². The van der Waals surface area contributed by atoms with Crippen molar-refractivity contribution < 1.29 is 23.5 Å². The first-order valence-corrected chi connectivity index (χ1v) is 9.80. The zero-order valence-corrected chi connectivity index (χ0v) is 17.6. The van der Waals surface area contributed by atoms with Crippen LogP contribution in [0, 0.1) is 0 Å². The first kappa shape index (κ1) is 20.9. The first-order valence-electron chi connectivity index (χ1n) is 9.80. The van der Waals surface area contributed by atoms with Crippen LogP contribution in [0.4, 0.5) is 5.69 Å². The number of anilines is 1. The SMILES string of the molecule is COc1ccc(NC(=O)COc2cccc(-c3noc(-c4ccc(OC)cc4)n3)c2)cc1. The van der Waals surface area contributed by atoms with E-state index < -0.39 is 0 Å². The first-order chi connectivity index (χ1) is 15.6. The molecule has 8 heteroatoms. The maximum atomic E-state index is 12.2. The Morgan fingerprint density at radius 3 is 2.25 bits per heavy atom. The van der Waals surface area contributed by atoms with Gasteiger partial charge in [-0.1, -0.05) is 17.3 Å². The number of hydrogen-bond donors (Lipinski definition) is 1. The summed E-state index contributed by atoms with van der Waals surface area (Å²) in [5, 5.41) is 6.82. The number of nitrogens with one attached hydrogen (secondary N) is 1. The van der Waals surface area contributed by atoms with Crippen LogP contribution in [0.1, 0.15) is 0 Å². The Kier molecular flexibility index (Phi) is 6.31. The Balaban J connectivity index is 1.39. The van der Waals surface area contributed by atoms with Crippen LogP contribution in [0.2, 0.25) is 0 Å². The fraction of sp³-hybridized carbons (Fsp3) is 0.125. The minimum absolute atomic E-state index is 0.140. The van der Waals surface area contributed by atoms with Crippen molar-refractivity contribution >= 4 is 11.6 Å². The van der Waals surface area contributed by atoms with E-state index in [9.17, 15) is 4.79 Å². The molecule has 0 aliphatic rings. The second-order valence-corrected chi connectivity index (χ2v) is 6.74. The average Bonchev–Trinajstić information content (AvgIpc) is 3.34. The summed E-state index contributed by atoms with van der Waals surface area (Å²) in [4.78, 5) is 16.6. The smallest absolute Gasteiger partial charge is 0.262 e. The van der Waals surface area contributed by atoms with E-state index >= 15 is 0 Å². The van der Waals surface area contributed by atoms with Crippen molar-refractivity contribution in [2.45, 2.75) is 0 Å². The number of aromatic nitrogens is 2. The zero-order valence-electron chi connectivity index (χ0n) is 17.6. The van der Waals surface area contributed by atoms with Gasteiger partial charge in [0.25, 0.3) is 11.8 Å². The highest BCUT2D eigenvalue weighted by atomic mass is 16.5. The maximum Gasteiger partial charge on any atom is 0.262 e. The number of methoxy groups -OCH3 is 2. The Morgan fingerprint density at radius 1 is 0.875 bits per heavy atom. The van der Waals surface area contributed by atoms with Gasteiger partial charge in [0.05, 0.1) is 14.2 Å². The molecule has 0 spiro atoms. The van der Waals surface area contributed by atoms with Gasteiger partial charge < -0.3 is 24.1 Å². The second kappa shape index (κ2) is 9.65. The molecular weight excluding hydrogens is 410 g/mol. The number of hydrogen-bond acceptors (Lipinski definition) is 7. The van der Waals surface area contributed by atoms with E-state index in [0.29, 0.717) is 34.5 Å². The third kappa shape index (κ3) is 5.04. The summed E-state index contributed by atoms with van der Waals surface area (Å²) in [6.45, 7) is -0.140. The molecule has 1 N–H and O–H groups in total. The van der Waals surface area contributed by atoms with E-state index in [1.165, 1.54) is 0 Å². The Bertz CT molecular complexity index is 1190. The van der Waals surface area contributed by atoms with Crippen molar-refractivity contribution in [1.29, 1.82) is 0 Å². The van der Waals surface area contributed by atoms with Crippen LogP contribution in [0.3, 0.4) is 0 Å². The molecule has 32 heavy (non-hydrogen) atoms. The summed E-state index contributed by atoms with van der Waals surface area (Å²) in [5.74, 6) is 2.52. The summed E-state index contributed by atoms with van der Waals surface area (Å²) in [6, 6.07) is 21.5. The van der Waals surface area contributed by atoms with Gasteiger partial charge in [-0.05, 0) is 60.7 Å². The lowest BCUT2D eigenvalue weighted by Crippen LogP contribution is -2.20. The van der Waals surface area contributed by atoms with Gasteiger partial charge in [-0.3, -0.25) is 4.79 Å². The lowest BCUT2D eigenvalue weighted by Gasteiger charge is -2.08. The van der Waals surface area contributed by atoms with Crippen LogP contribution in [0.15, 0.2) is 77.3 Å². The van der Waals surface area contributed by atoms with Gasteiger partial charge in [-0.15, -0.1) is 0 Å². The van der Waals surface area contributed by atoms with Crippen molar-refractivity contribution in [3.8, 4) is 40.1 Å². The summed E-state index contributed by atoms with van der Waals surface area (Å²) >= 11 is 0. The standard InChI is InChI=1S/C24H21N3O5/c1-29-19-10-6-16(7-11-19)24-26-23(27-32-24)17-4-3-5-21(14-17)31-15-22(28)25-18-8-12-20(30-2)13-9-18/h3-14H,15H2,1-2H3,(H,25,28). The van der Waals surface area contributed by atoms with Gasteiger partial charge in [-0.25, -0.2) is 0 Å². The second-order valence-electron chi connectivity index (χ2n) is 6.74. The van der Waals surface area contributed by atoms with Crippen molar-refractivity contribution in [3.63, 3.8) is 0 Å². The molecule has 162 valence electrons. The molecule has 0 bridgehead atoms. The lowest BCUT2D eigenvalue weighted by molar-refractivity contribution is -0.118. The monoisotopic (exact) mass is 431 g/mol. The van der Waals surface area contributed by atoms with Gasteiger partial charge >= 0.3 is 0 Å². The Morgan fingerprint density at radius 2 is 1.56 bits per heavy atom. The molecule has 3 aromatic carbocycles. The third-order valence-electron chi connectivity index (χ3n) is 4.60. The van der Waals surface area contributed by atoms with Crippen molar-refractivity contribution in [2.24, 2.45) is 0 Å². The molecular formula is C24H21N3O5. The van der Waals surface area contributed by atoms with Gasteiger partial charge in [0.2, 0.25) is 5.82 Å². The van der Waals surface area contributed by atoms with E-state index in [0.717, 1.165) is 11.3 Å². The van der Waals surface area contributed by atoms with Crippen molar-refractivity contribution in [3.05, 3.63) is 72.8 Å². The number of ether oxygens (including phenoxy) is 3. The minimum atomic E-state index is -0.276. The molecule has 1 aromatic heterocycles. The molecule has 0 radical (unpaired) electrons. The fourth-order valence-electron chi connectivity index (χ4n) is 2.94. The average molecular weight is 431 g/mol. The van der Waals surface area contributed by atoms with E-state index in [-0.39, 0.29) is 12.5 Å². The molecule has 1 heterocycles. The van der Waals surface area contributed by atoms with Crippen LogP contribution in [0.5, 0.6) is 17.2 Å².